The minimum Gasteiger partial charge on any atom is -0.497 e. The Kier molecular flexibility index (Phi) is 4.34. The van der Waals surface area contributed by atoms with E-state index in [0.29, 0.717) is 12.6 Å². The Morgan fingerprint density at radius 3 is 2.96 bits per heavy atom. The fraction of sp³-hybridized carbons (Fsp3) is 0.474. The molecule has 1 fully saturated rings. The number of nitrogens with one attached hydrogen (secondary N) is 1. The van der Waals surface area contributed by atoms with Crippen molar-refractivity contribution in [1.29, 1.82) is 0 Å². The number of hydrogen-bond donors (Lipinski definition) is 1. The van der Waals surface area contributed by atoms with Gasteiger partial charge in [-0.05, 0) is 43.0 Å². The van der Waals surface area contributed by atoms with Crippen LogP contribution in [0.2, 0.25) is 0 Å². The highest BCUT2D eigenvalue weighted by molar-refractivity contribution is 5.93. The van der Waals surface area contributed by atoms with Crippen LogP contribution in [0.4, 0.5) is 11.5 Å². The molecule has 1 aromatic carbocycles. The maximum absolute atomic E-state index is 12.5. The second kappa shape index (κ2) is 6.78. The average Bonchev–Trinajstić information content (AvgIpc) is 3.35. The number of carbonyl (C=O) groups is 1. The molecule has 1 N–H and O–H groups in total. The molecule has 2 heterocycles. The lowest BCUT2D eigenvalue weighted by atomic mass is 10.1. The molecule has 1 amide bonds. The van der Waals surface area contributed by atoms with E-state index < -0.39 is 0 Å². The molecule has 2 aromatic rings. The molecule has 1 aliphatic heterocycles. The molecule has 0 saturated heterocycles. The fourth-order valence-corrected chi connectivity index (χ4v) is 3.95. The monoisotopic (exact) mass is 340 g/mol. The maximum Gasteiger partial charge on any atom is 0.245 e. The number of carbonyl (C=O) groups excluding carboxylic acids is 1. The molecule has 1 saturated carbocycles. The molecule has 0 spiro atoms. The van der Waals surface area contributed by atoms with E-state index in [1.165, 1.54) is 18.4 Å². The first kappa shape index (κ1) is 16.0. The molecule has 6 nitrogen and oxygen atoms in total. The van der Waals surface area contributed by atoms with Crippen LogP contribution in [0.1, 0.15) is 37.3 Å². The summed E-state index contributed by atoms with van der Waals surface area (Å²) in [4.78, 5) is 14.7. The molecule has 0 radical (unpaired) electrons. The van der Waals surface area contributed by atoms with Gasteiger partial charge in [0.2, 0.25) is 5.91 Å². The van der Waals surface area contributed by atoms with E-state index in [1.807, 2.05) is 22.9 Å². The van der Waals surface area contributed by atoms with Gasteiger partial charge in [-0.3, -0.25) is 4.79 Å². The van der Waals surface area contributed by atoms with Gasteiger partial charge in [0.1, 0.15) is 11.6 Å². The first-order chi connectivity index (χ1) is 12.2. The third kappa shape index (κ3) is 3.21. The number of hydrogen-bond acceptors (Lipinski definition) is 4. The third-order valence-corrected chi connectivity index (χ3v) is 5.22. The summed E-state index contributed by atoms with van der Waals surface area (Å²) < 4.78 is 7.26. The summed E-state index contributed by atoms with van der Waals surface area (Å²) in [7, 11) is 1.68. The Hall–Kier alpha value is -2.50. The van der Waals surface area contributed by atoms with Crippen molar-refractivity contribution >= 4 is 17.4 Å². The van der Waals surface area contributed by atoms with Crippen LogP contribution in [0.15, 0.2) is 30.5 Å². The van der Waals surface area contributed by atoms with Crippen molar-refractivity contribution < 1.29 is 9.53 Å². The van der Waals surface area contributed by atoms with Gasteiger partial charge in [-0.2, -0.15) is 5.10 Å². The van der Waals surface area contributed by atoms with Crippen molar-refractivity contribution in [3.63, 3.8) is 0 Å². The summed E-state index contributed by atoms with van der Waals surface area (Å²) in [6.07, 6.45) is 7.49. The highest BCUT2D eigenvalue weighted by atomic mass is 16.5. The standard InChI is InChI=1S/C19H24N4O2/c1-25-16-6-7-17-14(12-16)9-11-22(17)13-19(24)21-18-8-10-20-23(18)15-4-2-3-5-15/h6-8,10,12,15H,2-5,9,11,13H2,1H3,(H,21,24). The molecular weight excluding hydrogens is 316 g/mol. The number of benzene rings is 1. The van der Waals surface area contributed by atoms with Crippen LogP contribution in [0.25, 0.3) is 0 Å². The molecule has 1 aliphatic carbocycles. The van der Waals surface area contributed by atoms with Crippen LogP contribution in [0, 0.1) is 0 Å². The molecule has 132 valence electrons. The SMILES string of the molecule is COc1ccc2c(c1)CCN2CC(=O)Nc1ccnn1C1CCCC1. The van der Waals surface area contributed by atoms with Crippen LogP contribution in [-0.2, 0) is 11.2 Å². The van der Waals surface area contributed by atoms with Gasteiger partial charge in [0.15, 0.2) is 0 Å². The van der Waals surface area contributed by atoms with Gasteiger partial charge in [-0.25, -0.2) is 4.68 Å². The molecule has 0 unspecified atom stereocenters. The third-order valence-electron chi connectivity index (χ3n) is 5.22. The number of nitrogens with zero attached hydrogens (tertiary/aromatic N) is 3. The minimum atomic E-state index is 0.00316. The number of ether oxygens (including phenoxy) is 1. The first-order valence-electron chi connectivity index (χ1n) is 9.00. The number of amides is 1. The highest BCUT2D eigenvalue weighted by Crippen LogP contribution is 2.32. The van der Waals surface area contributed by atoms with E-state index in [2.05, 4.69) is 21.4 Å². The van der Waals surface area contributed by atoms with Crippen molar-refractivity contribution in [3.8, 4) is 5.75 Å². The van der Waals surface area contributed by atoms with E-state index in [9.17, 15) is 4.79 Å². The van der Waals surface area contributed by atoms with Crippen LogP contribution in [0.5, 0.6) is 5.75 Å². The van der Waals surface area contributed by atoms with E-state index in [1.54, 1.807) is 13.3 Å². The highest BCUT2D eigenvalue weighted by Gasteiger charge is 2.23. The molecular formula is C19H24N4O2. The van der Waals surface area contributed by atoms with Gasteiger partial charge in [-0.15, -0.1) is 0 Å². The summed E-state index contributed by atoms with van der Waals surface area (Å²) in [6, 6.07) is 8.35. The lowest BCUT2D eigenvalue weighted by molar-refractivity contribution is -0.115. The van der Waals surface area contributed by atoms with Gasteiger partial charge in [0, 0.05) is 18.3 Å². The van der Waals surface area contributed by atoms with E-state index in [-0.39, 0.29) is 5.91 Å². The van der Waals surface area contributed by atoms with Gasteiger partial charge in [-0.1, -0.05) is 12.8 Å². The Labute approximate surface area is 147 Å². The molecule has 25 heavy (non-hydrogen) atoms. The molecule has 1 aromatic heterocycles. The van der Waals surface area contributed by atoms with Gasteiger partial charge in [0.05, 0.1) is 25.9 Å². The van der Waals surface area contributed by atoms with Crippen molar-refractivity contribution in [3.05, 3.63) is 36.0 Å². The van der Waals surface area contributed by atoms with Crippen LogP contribution in [-0.4, -0.2) is 35.9 Å². The molecule has 2 aliphatic rings. The Balaban J connectivity index is 1.42. The van der Waals surface area contributed by atoms with Gasteiger partial charge in [0.25, 0.3) is 0 Å². The van der Waals surface area contributed by atoms with Gasteiger partial charge >= 0.3 is 0 Å². The average molecular weight is 340 g/mol. The second-order valence-electron chi connectivity index (χ2n) is 6.81. The zero-order valence-corrected chi connectivity index (χ0v) is 14.6. The number of fused-ring (bicyclic) bond motifs is 1. The second-order valence-corrected chi connectivity index (χ2v) is 6.81. The van der Waals surface area contributed by atoms with E-state index in [4.69, 9.17) is 4.74 Å². The van der Waals surface area contributed by atoms with Crippen molar-refractivity contribution in [1.82, 2.24) is 9.78 Å². The number of rotatable bonds is 5. The van der Waals surface area contributed by atoms with Crippen LogP contribution in [0.3, 0.4) is 0 Å². The number of anilines is 2. The summed E-state index contributed by atoms with van der Waals surface area (Å²) >= 11 is 0. The maximum atomic E-state index is 12.5. The fourth-order valence-electron chi connectivity index (χ4n) is 3.95. The Bertz CT molecular complexity index is 765. The van der Waals surface area contributed by atoms with Crippen LogP contribution < -0.4 is 15.0 Å². The molecule has 4 rings (SSSR count). The predicted molar refractivity (Wildman–Crippen MR) is 97.3 cm³/mol. The molecule has 0 atom stereocenters. The largest absolute Gasteiger partial charge is 0.497 e. The van der Waals surface area contributed by atoms with Crippen molar-refractivity contribution in [2.45, 2.75) is 38.1 Å². The zero-order valence-electron chi connectivity index (χ0n) is 14.6. The van der Waals surface area contributed by atoms with Crippen LogP contribution >= 0.6 is 0 Å². The lowest BCUT2D eigenvalue weighted by Crippen LogP contribution is -2.32. The number of methoxy groups -OCH3 is 1. The normalized spacial score (nSPS) is 16.9. The topological polar surface area (TPSA) is 59.4 Å². The summed E-state index contributed by atoms with van der Waals surface area (Å²) in [5.74, 6) is 1.68. The van der Waals surface area contributed by atoms with E-state index >= 15 is 0 Å². The lowest BCUT2D eigenvalue weighted by Gasteiger charge is -2.20. The first-order valence-corrected chi connectivity index (χ1v) is 9.00. The number of aromatic nitrogens is 2. The van der Waals surface area contributed by atoms with Crippen molar-refractivity contribution in [2.24, 2.45) is 0 Å². The summed E-state index contributed by atoms with van der Waals surface area (Å²) in [5, 5.41) is 7.46. The van der Waals surface area contributed by atoms with E-state index in [0.717, 1.165) is 43.1 Å². The van der Waals surface area contributed by atoms with Gasteiger partial charge < -0.3 is 15.0 Å². The molecule has 0 bridgehead atoms. The quantitative estimate of drug-likeness (QED) is 0.909. The Morgan fingerprint density at radius 2 is 2.16 bits per heavy atom. The summed E-state index contributed by atoms with van der Waals surface area (Å²) in [6.45, 7) is 1.22. The minimum absolute atomic E-state index is 0.00316. The Morgan fingerprint density at radius 1 is 1.32 bits per heavy atom. The predicted octanol–water partition coefficient (Wildman–Crippen LogP) is 3.01. The van der Waals surface area contributed by atoms with Crippen molar-refractivity contribution in [2.75, 3.05) is 30.4 Å². The molecule has 6 heteroatoms. The zero-order chi connectivity index (χ0) is 17.2. The summed E-state index contributed by atoms with van der Waals surface area (Å²) in [5.41, 5.74) is 2.36. The smallest absolute Gasteiger partial charge is 0.245 e.